The van der Waals surface area contributed by atoms with Gasteiger partial charge in [0.2, 0.25) is 5.91 Å². The molecule has 3 heteroatoms. The van der Waals surface area contributed by atoms with Crippen molar-refractivity contribution in [3.63, 3.8) is 0 Å². The van der Waals surface area contributed by atoms with Gasteiger partial charge in [-0.05, 0) is 38.2 Å². The normalized spacial score (nSPS) is 25.6. The van der Waals surface area contributed by atoms with Crippen LogP contribution in [0.2, 0.25) is 0 Å². The van der Waals surface area contributed by atoms with Gasteiger partial charge in [0, 0.05) is 24.9 Å². The molecule has 1 aromatic carbocycles. The SMILES string of the molecule is Cc1cccc(CC(=O)N2CCCC2C2CCCC2=O)c1. The number of hydrogen-bond donors (Lipinski definition) is 0. The van der Waals surface area contributed by atoms with Crippen LogP contribution in [0.1, 0.15) is 43.2 Å². The lowest BCUT2D eigenvalue weighted by atomic mass is 9.94. The van der Waals surface area contributed by atoms with Crippen molar-refractivity contribution >= 4 is 11.7 Å². The first-order valence-corrected chi connectivity index (χ1v) is 8.03. The van der Waals surface area contributed by atoms with Gasteiger partial charge in [0.05, 0.1) is 6.42 Å². The third-order valence-electron chi connectivity index (χ3n) is 4.87. The zero-order valence-corrected chi connectivity index (χ0v) is 12.7. The molecule has 2 atom stereocenters. The van der Waals surface area contributed by atoms with Gasteiger partial charge in [0.15, 0.2) is 0 Å². The van der Waals surface area contributed by atoms with Crippen LogP contribution in [0.25, 0.3) is 0 Å². The van der Waals surface area contributed by atoms with Crippen LogP contribution in [0.5, 0.6) is 0 Å². The van der Waals surface area contributed by atoms with Crippen LogP contribution < -0.4 is 0 Å². The Kier molecular flexibility index (Phi) is 4.09. The third-order valence-corrected chi connectivity index (χ3v) is 4.87. The fourth-order valence-electron chi connectivity index (χ4n) is 3.87. The molecule has 0 spiro atoms. The molecule has 2 aliphatic rings. The molecule has 1 aliphatic carbocycles. The van der Waals surface area contributed by atoms with E-state index in [0.29, 0.717) is 18.6 Å². The Morgan fingerprint density at radius 3 is 2.86 bits per heavy atom. The fourth-order valence-corrected chi connectivity index (χ4v) is 3.87. The van der Waals surface area contributed by atoms with Crippen LogP contribution in [0.15, 0.2) is 24.3 Å². The van der Waals surface area contributed by atoms with Gasteiger partial charge in [-0.2, -0.15) is 0 Å². The Morgan fingerprint density at radius 1 is 1.29 bits per heavy atom. The van der Waals surface area contributed by atoms with Gasteiger partial charge in [-0.25, -0.2) is 0 Å². The van der Waals surface area contributed by atoms with Gasteiger partial charge in [0.1, 0.15) is 5.78 Å². The van der Waals surface area contributed by atoms with E-state index in [-0.39, 0.29) is 17.9 Å². The van der Waals surface area contributed by atoms with Gasteiger partial charge in [-0.3, -0.25) is 9.59 Å². The zero-order chi connectivity index (χ0) is 14.8. The third kappa shape index (κ3) is 3.02. The number of likely N-dealkylation sites (tertiary alicyclic amines) is 1. The predicted molar refractivity (Wildman–Crippen MR) is 82.0 cm³/mol. The molecule has 0 radical (unpaired) electrons. The molecule has 21 heavy (non-hydrogen) atoms. The quantitative estimate of drug-likeness (QED) is 0.856. The van der Waals surface area contributed by atoms with Crippen molar-refractivity contribution in [1.29, 1.82) is 0 Å². The van der Waals surface area contributed by atoms with Crippen molar-refractivity contribution in [2.75, 3.05) is 6.54 Å². The summed E-state index contributed by atoms with van der Waals surface area (Å²) in [5.41, 5.74) is 2.26. The summed E-state index contributed by atoms with van der Waals surface area (Å²) in [6, 6.07) is 8.29. The van der Waals surface area contributed by atoms with E-state index in [9.17, 15) is 9.59 Å². The number of ketones is 1. The predicted octanol–water partition coefficient (Wildman–Crippen LogP) is 2.90. The number of nitrogens with zero attached hydrogens (tertiary/aromatic N) is 1. The molecule has 1 amide bonds. The molecule has 2 unspecified atom stereocenters. The Morgan fingerprint density at radius 2 is 2.14 bits per heavy atom. The molecule has 1 aliphatic heterocycles. The number of hydrogen-bond acceptors (Lipinski definition) is 2. The number of rotatable bonds is 3. The summed E-state index contributed by atoms with van der Waals surface area (Å²) in [6.07, 6.45) is 5.17. The second kappa shape index (κ2) is 6.00. The number of benzene rings is 1. The van der Waals surface area contributed by atoms with Crippen LogP contribution in [-0.2, 0) is 16.0 Å². The first-order valence-electron chi connectivity index (χ1n) is 8.03. The first-order chi connectivity index (χ1) is 10.1. The lowest BCUT2D eigenvalue weighted by molar-refractivity contribution is -0.133. The Bertz CT molecular complexity index is 552. The lowest BCUT2D eigenvalue weighted by Gasteiger charge is -2.28. The molecule has 2 fully saturated rings. The summed E-state index contributed by atoms with van der Waals surface area (Å²) < 4.78 is 0. The van der Waals surface area contributed by atoms with Crippen molar-refractivity contribution in [3.05, 3.63) is 35.4 Å². The second-order valence-electron chi connectivity index (χ2n) is 6.43. The molecule has 0 aromatic heterocycles. The van der Waals surface area contributed by atoms with E-state index in [0.717, 1.165) is 37.8 Å². The minimum atomic E-state index is 0.106. The van der Waals surface area contributed by atoms with Crippen molar-refractivity contribution < 1.29 is 9.59 Å². The van der Waals surface area contributed by atoms with Crippen molar-refractivity contribution in [1.82, 2.24) is 4.90 Å². The number of Topliss-reactive ketones (excluding diaryl/α,β-unsaturated/α-hetero) is 1. The highest BCUT2D eigenvalue weighted by atomic mass is 16.2. The largest absolute Gasteiger partial charge is 0.339 e. The Balaban J connectivity index is 1.70. The van der Waals surface area contributed by atoms with Crippen LogP contribution in [0.4, 0.5) is 0 Å². The molecule has 1 aromatic rings. The lowest BCUT2D eigenvalue weighted by Crippen LogP contribution is -2.42. The highest BCUT2D eigenvalue weighted by Crippen LogP contribution is 2.33. The summed E-state index contributed by atoms with van der Waals surface area (Å²) in [6.45, 7) is 2.86. The van der Waals surface area contributed by atoms with Crippen LogP contribution in [-0.4, -0.2) is 29.2 Å². The minimum absolute atomic E-state index is 0.106. The number of carbonyl (C=O) groups excluding carboxylic acids is 2. The van der Waals surface area contributed by atoms with Crippen LogP contribution in [0, 0.1) is 12.8 Å². The summed E-state index contributed by atoms with van der Waals surface area (Å²) in [4.78, 5) is 26.6. The van der Waals surface area contributed by atoms with Crippen molar-refractivity contribution in [3.8, 4) is 0 Å². The summed E-state index contributed by atoms with van der Waals surface area (Å²) in [7, 11) is 0. The van der Waals surface area contributed by atoms with E-state index in [2.05, 4.69) is 6.07 Å². The topological polar surface area (TPSA) is 37.4 Å². The van der Waals surface area contributed by atoms with E-state index < -0.39 is 0 Å². The standard InChI is InChI=1S/C18H23NO2/c1-13-5-2-6-14(11-13)12-18(21)19-10-4-8-16(19)15-7-3-9-17(15)20/h2,5-6,11,15-16H,3-4,7-10,12H2,1H3. The number of amides is 1. The molecule has 0 bridgehead atoms. The average Bonchev–Trinajstić information content (AvgIpc) is 3.06. The van der Waals surface area contributed by atoms with Gasteiger partial charge < -0.3 is 4.90 Å². The maximum absolute atomic E-state index is 12.6. The smallest absolute Gasteiger partial charge is 0.227 e. The summed E-state index contributed by atoms with van der Waals surface area (Å²) >= 11 is 0. The fraction of sp³-hybridized carbons (Fsp3) is 0.556. The molecule has 1 saturated carbocycles. The molecule has 3 rings (SSSR count). The second-order valence-corrected chi connectivity index (χ2v) is 6.43. The highest BCUT2D eigenvalue weighted by Gasteiger charge is 2.39. The van der Waals surface area contributed by atoms with E-state index in [1.165, 1.54) is 5.56 Å². The maximum Gasteiger partial charge on any atom is 0.227 e. The average molecular weight is 285 g/mol. The van der Waals surface area contributed by atoms with E-state index in [1.54, 1.807) is 0 Å². The highest BCUT2D eigenvalue weighted by molar-refractivity contribution is 5.85. The Labute approximate surface area is 126 Å². The maximum atomic E-state index is 12.6. The first kappa shape index (κ1) is 14.3. The number of carbonyl (C=O) groups is 2. The summed E-state index contributed by atoms with van der Waals surface area (Å²) in [5, 5.41) is 0. The molecule has 1 heterocycles. The monoisotopic (exact) mass is 285 g/mol. The van der Waals surface area contributed by atoms with Gasteiger partial charge in [-0.1, -0.05) is 29.8 Å². The van der Waals surface area contributed by atoms with E-state index in [4.69, 9.17) is 0 Å². The van der Waals surface area contributed by atoms with Gasteiger partial charge in [-0.15, -0.1) is 0 Å². The Hall–Kier alpha value is -1.64. The van der Waals surface area contributed by atoms with Crippen molar-refractivity contribution in [2.24, 2.45) is 5.92 Å². The van der Waals surface area contributed by atoms with Gasteiger partial charge in [0.25, 0.3) is 0 Å². The molecule has 112 valence electrons. The van der Waals surface area contributed by atoms with E-state index >= 15 is 0 Å². The molecule has 1 saturated heterocycles. The van der Waals surface area contributed by atoms with Crippen LogP contribution in [0.3, 0.4) is 0 Å². The van der Waals surface area contributed by atoms with Crippen molar-refractivity contribution in [2.45, 2.75) is 51.5 Å². The minimum Gasteiger partial charge on any atom is -0.339 e. The molecule has 3 nitrogen and oxygen atoms in total. The molecule has 0 N–H and O–H groups in total. The van der Waals surface area contributed by atoms with Gasteiger partial charge >= 0.3 is 0 Å². The molecular formula is C18H23NO2. The zero-order valence-electron chi connectivity index (χ0n) is 12.7. The summed E-state index contributed by atoms with van der Waals surface area (Å²) in [5.74, 6) is 0.659. The van der Waals surface area contributed by atoms with Crippen LogP contribution >= 0.6 is 0 Å². The van der Waals surface area contributed by atoms with E-state index in [1.807, 2.05) is 30.0 Å². The molecular weight excluding hydrogens is 262 g/mol. The number of aryl methyl sites for hydroxylation is 1.